The summed E-state index contributed by atoms with van der Waals surface area (Å²) in [7, 11) is 0. The van der Waals surface area contributed by atoms with Gasteiger partial charge in [0.05, 0.1) is 28.1 Å². The summed E-state index contributed by atoms with van der Waals surface area (Å²) in [6.07, 6.45) is 0. The highest BCUT2D eigenvalue weighted by Crippen LogP contribution is 2.45. The lowest BCUT2D eigenvalue weighted by Gasteiger charge is -2.20. The quantitative estimate of drug-likeness (QED) is 0.170. The average Bonchev–Trinajstić information content (AvgIpc) is 3.85. The number of furan rings is 1. The van der Waals surface area contributed by atoms with Gasteiger partial charge in [-0.05, 0) is 47.0 Å². The van der Waals surface area contributed by atoms with Crippen molar-refractivity contribution in [3.8, 4) is 67.9 Å². The van der Waals surface area contributed by atoms with Crippen LogP contribution in [0.2, 0.25) is 0 Å². The molecule has 0 aliphatic carbocycles. The third-order valence-corrected chi connectivity index (χ3v) is 11.1. The Kier molecular flexibility index (Phi) is 7.80. The van der Waals surface area contributed by atoms with E-state index in [0.29, 0.717) is 22.8 Å². The molecule has 0 amide bonds. The first-order chi connectivity index (χ1) is 28.7. The minimum atomic E-state index is 0.429. The smallest absolute Gasteiger partial charge is 0.161 e. The predicted molar refractivity (Wildman–Crippen MR) is 236 cm³/mol. The van der Waals surface area contributed by atoms with Gasteiger partial charge in [0, 0.05) is 43.8 Å². The van der Waals surface area contributed by atoms with E-state index in [1.165, 1.54) is 0 Å². The molecular weight excluding hydrogens is 709 g/mol. The summed E-state index contributed by atoms with van der Waals surface area (Å²) >= 11 is 0. The normalized spacial score (nSPS) is 11.4. The molecule has 0 saturated heterocycles. The summed E-state index contributed by atoms with van der Waals surface area (Å²) in [5.41, 5.74) is 12.9. The van der Waals surface area contributed by atoms with E-state index in [4.69, 9.17) is 14.4 Å². The van der Waals surface area contributed by atoms with Gasteiger partial charge < -0.3 is 8.98 Å². The Balaban J connectivity index is 1.32. The van der Waals surface area contributed by atoms with Crippen molar-refractivity contribution in [2.75, 3.05) is 0 Å². The Hall–Kier alpha value is -8.07. The van der Waals surface area contributed by atoms with Crippen molar-refractivity contribution in [1.29, 1.82) is 5.26 Å². The summed E-state index contributed by atoms with van der Waals surface area (Å²) in [5, 5.41) is 15.1. The molecule has 0 fully saturated rings. The minimum Gasteiger partial charge on any atom is -0.454 e. The standard InChI is InChI=1S/C53H32N4O/c54-33-45-49(36-21-9-3-10-22-36)55-53(56-50(45)37-23-11-4-12-24-37)44-32-47(43(35-19-7-2-8-20-35)31-42(44)34-17-5-1-6-18-34)57-46-27-15-13-25-38(46)40-29-30-41-39-26-14-16-28-48(39)58-52(41)51(40)57/h1-32H. The molecule has 0 unspecified atom stereocenters. The van der Waals surface area contributed by atoms with Crippen LogP contribution in [0.15, 0.2) is 199 Å². The van der Waals surface area contributed by atoms with Crippen molar-refractivity contribution in [3.05, 3.63) is 200 Å². The number of rotatable bonds is 6. The molecule has 11 rings (SSSR count). The lowest BCUT2D eigenvalue weighted by Crippen LogP contribution is -2.04. The Morgan fingerprint density at radius 3 is 1.59 bits per heavy atom. The van der Waals surface area contributed by atoms with Crippen molar-refractivity contribution < 1.29 is 4.42 Å². The van der Waals surface area contributed by atoms with Gasteiger partial charge in [0.1, 0.15) is 17.2 Å². The third kappa shape index (κ3) is 5.31. The maximum absolute atomic E-state index is 10.7. The number of aromatic nitrogens is 3. The summed E-state index contributed by atoms with van der Waals surface area (Å²) < 4.78 is 9.15. The maximum Gasteiger partial charge on any atom is 0.161 e. The van der Waals surface area contributed by atoms with Crippen LogP contribution in [-0.2, 0) is 0 Å². The molecule has 0 spiro atoms. The minimum absolute atomic E-state index is 0.429. The molecule has 3 aromatic heterocycles. The molecular formula is C53H32N4O. The second kappa shape index (κ2) is 13.6. The summed E-state index contributed by atoms with van der Waals surface area (Å²) in [6.45, 7) is 0. The lowest BCUT2D eigenvalue weighted by molar-refractivity contribution is 0.671. The Morgan fingerprint density at radius 1 is 0.448 bits per heavy atom. The largest absolute Gasteiger partial charge is 0.454 e. The van der Waals surface area contributed by atoms with Gasteiger partial charge in [-0.2, -0.15) is 5.26 Å². The Labute approximate surface area is 334 Å². The van der Waals surface area contributed by atoms with E-state index in [-0.39, 0.29) is 0 Å². The van der Waals surface area contributed by atoms with Crippen LogP contribution in [0.1, 0.15) is 5.56 Å². The molecule has 0 radical (unpaired) electrons. The van der Waals surface area contributed by atoms with E-state index in [2.05, 4.69) is 126 Å². The Bertz CT molecular complexity index is 3320. The summed E-state index contributed by atoms with van der Waals surface area (Å²) in [6, 6.07) is 69.0. The fraction of sp³-hybridized carbons (Fsp3) is 0. The van der Waals surface area contributed by atoms with Gasteiger partial charge in [0.2, 0.25) is 0 Å². The van der Waals surface area contributed by atoms with Crippen LogP contribution in [0.3, 0.4) is 0 Å². The fourth-order valence-electron chi connectivity index (χ4n) is 8.44. The van der Waals surface area contributed by atoms with E-state index in [1.54, 1.807) is 0 Å². The molecule has 8 aromatic carbocycles. The van der Waals surface area contributed by atoms with E-state index >= 15 is 0 Å². The third-order valence-electron chi connectivity index (χ3n) is 11.1. The van der Waals surface area contributed by atoms with E-state index < -0.39 is 0 Å². The predicted octanol–water partition coefficient (Wildman–Crippen LogP) is 13.7. The molecule has 0 bridgehead atoms. The van der Waals surface area contributed by atoms with Gasteiger partial charge >= 0.3 is 0 Å². The monoisotopic (exact) mass is 740 g/mol. The van der Waals surface area contributed by atoms with Crippen molar-refractivity contribution >= 4 is 43.7 Å². The molecule has 0 aliphatic rings. The van der Waals surface area contributed by atoms with Crippen LogP contribution >= 0.6 is 0 Å². The number of benzene rings is 8. The topological polar surface area (TPSA) is 67.6 Å². The van der Waals surface area contributed by atoms with Gasteiger partial charge in [0.15, 0.2) is 11.4 Å². The zero-order valence-corrected chi connectivity index (χ0v) is 31.2. The molecule has 0 aliphatic heterocycles. The van der Waals surface area contributed by atoms with Crippen LogP contribution in [0, 0.1) is 11.3 Å². The highest BCUT2D eigenvalue weighted by atomic mass is 16.3. The van der Waals surface area contributed by atoms with Gasteiger partial charge in [-0.3, -0.25) is 0 Å². The number of hydrogen-bond donors (Lipinski definition) is 0. The van der Waals surface area contributed by atoms with Gasteiger partial charge in [-0.25, -0.2) is 9.97 Å². The molecule has 0 N–H and O–H groups in total. The first-order valence-electron chi connectivity index (χ1n) is 19.3. The van der Waals surface area contributed by atoms with Crippen molar-refractivity contribution in [3.63, 3.8) is 0 Å². The molecule has 5 nitrogen and oxygen atoms in total. The second-order valence-electron chi connectivity index (χ2n) is 14.4. The van der Waals surface area contributed by atoms with Crippen LogP contribution < -0.4 is 0 Å². The highest BCUT2D eigenvalue weighted by molar-refractivity contribution is 6.21. The number of nitrogens with zero attached hydrogens (tertiary/aromatic N) is 4. The number of nitriles is 1. The zero-order valence-electron chi connectivity index (χ0n) is 31.2. The number of fused-ring (bicyclic) bond motifs is 7. The van der Waals surface area contributed by atoms with Crippen molar-refractivity contribution in [1.82, 2.24) is 14.5 Å². The summed E-state index contributed by atoms with van der Waals surface area (Å²) in [5.74, 6) is 0.520. The average molecular weight is 741 g/mol. The number of para-hydroxylation sites is 2. The van der Waals surface area contributed by atoms with Crippen LogP contribution in [0.4, 0.5) is 0 Å². The maximum atomic E-state index is 10.7. The van der Waals surface area contributed by atoms with E-state index in [9.17, 15) is 5.26 Å². The molecule has 58 heavy (non-hydrogen) atoms. The van der Waals surface area contributed by atoms with Crippen LogP contribution in [0.25, 0.3) is 106 Å². The summed E-state index contributed by atoms with van der Waals surface area (Å²) in [4.78, 5) is 10.6. The molecule has 11 aromatic rings. The van der Waals surface area contributed by atoms with Gasteiger partial charge in [0.25, 0.3) is 0 Å². The van der Waals surface area contributed by atoms with Gasteiger partial charge in [-0.15, -0.1) is 0 Å². The van der Waals surface area contributed by atoms with E-state index in [0.717, 1.165) is 88.4 Å². The van der Waals surface area contributed by atoms with Crippen molar-refractivity contribution in [2.45, 2.75) is 0 Å². The highest BCUT2D eigenvalue weighted by Gasteiger charge is 2.25. The molecule has 3 heterocycles. The van der Waals surface area contributed by atoms with Crippen LogP contribution in [-0.4, -0.2) is 14.5 Å². The fourth-order valence-corrected chi connectivity index (χ4v) is 8.44. The zero-order chi connectivity index (χ0) is 38.6. The second-order valence-corrected chi connectivity index (χ2v) is 14.4. The number of hydrogen-bond acceptors (Lipinski definition) is 4. The lowest BCUT2D eigenvalue weighted by atomic mass is 9.91. The van der Waals surface area contributed by atoms with Crippen molar-refractivity contribution in [2.24, 2.45) is 0 Å². The first kappa shape index (κ1) is 33.3. The molecule has 0 saturated carbocycles. The van der Waals surface area contributed by atoms with Crippen LogP contribution in [0.5, 0.6) is 0 Å². The van der Waals surface area contributed by atoms with Gasteiger partial charge in [-0.1, -0.05) is 164 Å². The molecule has 270 valence electrons. The first-order valence-corrected chi connectivity index (χ1v) is 19.3. The SMILES string of the molecule is N#Cc1c(-c2ccccc2)nc(-c2cc(-n3c4ccccc4c4ccc5c6ccccc6oc5c43)c(-c3ccccc3)cc2-c2ccccc2)nc1-c1ccccc1. The molecule has 5 heteroatoms. The molecule has 0 atom stereocenters. The Morgan fingerprint density at radius 2 is 0.966 bits per heavy atom. The van der Waals surface area contributed by atoms with E-state index in [1.807, 2.05) is 78.9 Å².